The van der Waals surface area contributed by atoms with Crippen molar-refractivity contribution in [3.63, 3.8) is 0 Å². The zero-order valence-corrected chi connectivity index (χ0v) is 11.9. The van der Waals surface area contributed by atoms with E-state index in [1.54, 1.807) is 12.1 Å². The van der Waals surface area contributed by atoms with Crippen LogP contribution in [0.2, 0.25) is 0 Å². The Bertz CT molecular complexity index is 613. The lowest BCUT2D eigenvalue weighted by molar-refractivity contribution is 0.0693. The maximum Gasteiger partial charge on any atom is 0.339 e. The van der Waals surface area contributed by atoms with Gasteiger partial charge < -0.3 is 9.84 Å². The van der Waals surface area contributed by atoms with Crippen LogP contribution in [0.1, 0.15) is 35.7 Å². The van der Waals surface area contributed by atoms with Gasteiger partial charge in [0, 0.05) is 5.56 Å². The summed E-state index contributed by atoms with van der Waals surface area (Å²) in [7, 11) is 1.49. The molecule has 0 atom stereocenters. The largest absolute Gasteiger partial charge is 0.495 e. The first-order valence-corrected chi connectivity index (χ1v) is 6.55. The highest BCUT2D eigenvalue weighted by molar-refractivity contribution is 5.94. The summed E-state index contributed by atoms with van der Waals surface area (Å²) in [5, 5.41) is 9.21. The number of carboxylic acids is 1. The van der Waals surface area contributed by atoms with Crippen LogP contribution in [0.5, 0.6) is 5.75 Å². The molecular formula is C17H18O3. The highest BCUT2D eigenvalue weighted by atomic mass is 16.5. The molecule has 0 aromatic heterocycles. The normalized spacial score (nSPS) is 10.6. The van der Waals surface area contributed by atoms with Gasteiger partial charge in [0.2, 0.25) is 0 Å². The molecule has 2 aromatic rings. The van der Waals surface area contributed by atoms with E-state index in [2.05, 4.69) is 26.0 Å². The van der Waals surface area contributed by atoms with Crippen molar-refractivity contribution >= 4 is 5.97 Å². The number of hydrogen-bond acceptors (Lipinski definition) is 2. The molecule has 0 bridgehead atoms. The van der Waals surface area contributed by atoms with Gasteiger partial charge in [-0.15, -0.1) is 0 Å². The zero-order chi connectivity index (χ0) is 14.7. The lowest BCUT2D eigenvalue weighted by Gasteiger charge is -2.12. The first-order chi connectivity index (χ1) is 9.54. The van der Waals surface area contributed by atoms with Crippen LogP contribution in [0.15, 0.2) is 42.5 Å². The van der Waals surface area contributed by atoms with Crippen LogP contribution in [0.4, 0.5) is 0 Å². The molecule has 0 saturated carbocycles. The topological polar surface area (TPSA) is 46.5 Å². The molecule has 0 aliphatic rings. The Hall–Kier alpha value is -2.29. The van der Waals surface area contributed by atoms with Crippen LogP contribution in [-0.2, 0) is 0 Å². The number of hydrogen-bond donors (Lipinski definition) is 1. The van der Waals surface area contributed by atoms with Crippen molar-refractivity contribution in [3.8, 4) is 16.9 Å². The van der Waals surface area contributed by atoms with Crippen molar-refractivity contribution in [2.24, 2.45) is 0 Å². The third kappa shape index (κ3) is 2.67. The van der Waals surface area contributed by atoms with E-state index >= 15 is 0 Å². The summed E-state index contributed by atoms with van der Waals surface area (Å²) in [5.41, 5.74) is 3.18. The second kappa shape index (κ2) is 5.78. The summed E-state index contributed by atoms with van der Waals surface area (Å²) in [4.78, 5) is 11.2. The van der Waals surface area contributed by atoms with Gasteiger partial charge in [0.05, 0.1) is 7.11 Å². The molecule has 3 nitrogen and oxygen atoms in total. The van der Waals surface area contributed by atoms with Crippen molar-refractivity contribution in [1.29, 1.82) is 0 Å². The quantitative estimate of drug-likeness (QED) is 0.906. The Morgan fingerprint density at radius 1 is 1.10 bits per heavy atom. The summed E-state index contributed by atoms with van der Waals surface area (Å²) < 4.78 is 5.29. The van der Waals surface area contributed by atoms with E-state index in [9.17, 15) is 9.90 Å². The molecule has 0 radical (unpaired) electrons. The number of benzene rings is 2. The summed E-state index contributed by atoms with van der Waals surface area (Å²) in [5.74, 6) is -0.115. The van der Waals surface area contributed by atoms with Crippen molar-refractivity contribution in [2.75, 3.05) is 7.11 Å². The Labute approximate surface area is 118 Å². The molecule has 0 heterocycles. The minimum atomic E-state index is -0.984. The van der Waals surface area contributed by atoms with Crippen LogP contribution >= 0.6 is 0 Å². The van der Waals surface area contributed by atoms with E-state index in [0.717, 1.165) is 11.1 Å². The maximum absolute atomic E-state index is 11.2. The van der Waals surface area contributed by atoms with Gasteiger partial charge in [-0.3, -0.25) is 0 Å². The van der Waals surface area contributed by atoms with Gasteiger partial charge in [-0.2, -0.15) is 0 Å². The van der Waals surface area contributed by atoms with E-state index in [0.29, 0.717) is 11.7 Å². The minimum Gasteiger partial charge on any atom is -0.495 e. The lowest BCUT2D eigenvalue weighted by atomic mass is 9.97. The van der Waals surface area contributed by atoms with Gasteiger partial charge in [-0.25, -0.2) is 4.79 Å². The van der Waals surface area contributed by atoms with Gasteiger partial charge in [-0.1, -0.05) is 50.2 Å². The standard InChI is InChI=1S/C17H18O3/c1-11(2)12-7-9-13(10-8-12)14-5-4-6-15(17(18)19)16(14)20-3/h4-11H,1-3H3,(H,18,19). The summed E-state index contributed by atoms with van der Waals surface area (Å²) in [6.45, 7) is 4.28. The van der Waals surface area contributed by atoms with Crippen LogP contribution in [-0.4, -0.2) is 18.2 Å². The molecule has 1 N–H and O–H groups in total. The molecule has 0 saturated heterocycles. The number of ether oxygens (including phenoxy) is 1. The van der Waals surface area contributed by atoms with Crippen LogP contribution < -0.4 is 4.74 Å². The molecule has 0 aliphatic carbocycles. The highest BCUT2D eigenvalue weighted by Gasteiger charge is 2.15. The Balaban J connectivity index is 2.52. The molecule has 0 spiro atoms. The van der Waals surface area contributed by atoms with Crippen molar-refractivity contribution in [3.05, 3.63) is 53.6 Å². The van der Waals surface area contributed by atoms with E-state index < -0.39 is 5.97 Å². The second-order valence-corrected chi connectivity index (χ2v) is 4.97. The molecule has 20 heavy (non-hydrogen) atoms. The lowest BCUT2D eigenvalue weighted by Crippen LogP contribution is -2.01. The van der Waals surface area contributed by atoms with Gasteiger partial charge in [0.15, 0.2) is 0 Å². The van der Waals surface area contributed by atoms with Crippen LogP contribution in [0.25, 0.3) is 11.1 Å². The average Bonchev–Trinajstić information content (AvgIpc) is 2.46. The Kier molecular flexibility index (Phi) is 4.08. The molecule has 2 rings (SSSR count). The van der Waals surface area contributed by atoms with Crippen LogP contribution in [0.3, 0.4) is 0 Å². The number of para-hydroxylation sites is 1. The third-order valence-electron chi connectivity index (χ3n) is 3.34. The summed E-state index contributed by atoms with van der Waals surface area (Å²) in [6, 6.07) is 13.3. The fourth-order valence-corrected chi connectivity index (χ4v) is 2.20. The second-order valence-electron chi connectivity index (χ2n) is 4.97. The van der Waals surface area contributed by atoms with Gasteiger partial charge in [0.25, 0.3) is 0 Å². The molecule has 0 fully saturated rings. The highest BCUT2D eigenvalue weighted by Crippen LogP contribution is 2.33. The van der Waals surface area contributed by atoms with Crippen LogP contribution in [0, 0.1) is 0 Å². The maximum atomic E-state index is 11.2. The SMILES string of the molecule is COc1c(C(=O)O)cccc1-c1ccc(C(C)C)cc1. The number of rotatable bonds is 4. The Morgan fingerprint density at radius 2 is 1.75 bits per heavy atom. The third-order valence-corrected chi connectivity index (χ3v) is 3.34. The van der Waals surface area contributed by atoms with Gasteiger partial charge >= 0.3 is 5.97 Å². The van der Waals surface area contributed by atoms with E-state index in [1.165, 1.54) is 12.7 Å². The van der Waals surface area contributed by atoms with Gasteiger partial charge in [0.1, 0.15) is 11.3 Å². The number of methoxy groups -OCH3 is 1. The molecule has 0 amide bonds. The molecule has 0 unspecified atom stereocenters. The first-order valence-electron chi connectivity index (χ1n) is 6.55. The number of carboxylic acid groups (broad SMARTS) is 1. The monoisotopic (exact) mass is 270 g/mol. The number of aromatic carboxylic acids is 1. The molecule has 104 valence electrons. The van der Waals surface area contributed by atoms with Crippen molar-refractivity contribution in [2.45, 2.75) is 19.8 Å². The van der Waals surface area contributed by atoms with E-state index in [1.807, 2.05) is 18.2 Å². The predicted molar refractivity (Wildman–Crippen MR) is 79.5 cm³/mol. The summed E-state index contributed by atoms with van der Waals surface area (Å²) in [6.07, 6.45) is 0. The fourth-order valence-electron chi connectivity index (χ4n) is 2.20. The van der Waals surface area contributed by atoms with E-state index in [-0.39, 0.29) is 5.56 Å². The zero-order valence-electron chi connectivity index (χ0n) is 11.9. The Morgan fingerprint density at radius 3 is 2.25 bits per heavy atom. The van der Waals surface area contributed by atoms with Crippen molar-refractivity contribution in [1.82, 2.24) is 0 Å². The predicted octanol–water partition coefficient (Wildman–Crippen LogP) is 4.18. The van der Waals surface area contributed by atoms with Crippen molar-refractivity contribution < 1.29 is 14.6 Å². The molecular weight excluding hydrogens is 252 g/mol. The summed E-state index contributed by atoms with van der Waals surface area (Å²) >= 11 is 0. The average molecular weight is 270 g/mol. The van der Waals surface area contributed by atoms with E-state index in [4.69, 9.17) is 4.74 Å². The first kappa shape index (κ1) is 14.1. The minimum absolute atomic E-state index is 0.179. The molecule has 2 aromatic carbocycles. The number of carbonyl (C=O) groups is 1. The fraction of sp³-hybridized carbons (Fsp3) is 0.235. The smallest absolute Gasteiger partial charge is 0.339 e. The molecule has 3 heteroatoms. The van der Waals surface area contributed by atoms with Gasteiger partial charge in [-0.05, 0) is 23.1 Å². The molecule has 0 aliphatic heterocycles.